The Morgan fingerprint density at radius 3 is 2.46 bits per heavy atom. The second-order valence-corrected chi connectivity index (χ2v) is 8.53. The van der Waals surface area contributed by atoms with Gasteiger partial charge in [-0.1, -0.05) is 30.3 Å². The van der Waals surface area contributed by atoms with E-state index >= 15 is 0 Å². The Morgan fingerprint density at radius 2 is 1.92 bits per heavy atom. The zero-order chi connectivity index (χ0) is 17.3. The number of nitrogens with zero attached hydrogens (tertiary/aromatic N) is 2. The highest BCUT2D eigenvalue weighted by Crippen LogP contribution is 2.37. The first kappa shape index (κ1) is 17.2. The average Bonchev–Trinajstić information content (AvgIpc) is 3.31. The molecule has 1 saturated carbocycles. The van der Waals surface area contributed by atoms with E-state index in [2.05, 4.69) is 0 Å². The van der Waals surface area contributed by atoms with Crippen LogP contribution in [0.4, 0.5) is 0 Å². The molecule has 0 bridgehead atoms. The summed E-state index contributed by atoms with van der Waals surface area (Å²) in [6.07, 6.45) is 3.95. The summed E-state index contributed by atoms with van der Waals surface area (Å²) < 4.78 is 29.9. The molecule has 0 amide bonds. The van der Waals surface area contributed by atoms with Crippen molar-refractivity contribution in [2.24, 2.45) is 5.73 Å². The molecule has 2 aromatic rings. The normalized spacial score (nSPS) is 15.4. The maximum Gasteiger partial charge on any atom is 0.245 e. The molecular weight excluding hydrogens is 322 g/mol. The van der Waals surface area contributed by atoms with Gasteiger partial charge < -0.3 is 10.3 Å². The fourth-order valence-corrected chi connectivity index (χ4v) is 4.61. The lowest BCUT2D eigenvalue weighted by Gasteiger charge is -2.25. The van der Waals surface area contributed by atoms with Crippen LogP contribution in [0.1, 0.15) is 44.0 Å². The molecule has 2 N–H and O–H groups in total. The molecule has 1 aromatic carbocycles. The minimum atomic E-state index is -3.56. The number of benzene rings is 1. The van der Waals surface area contributed by atoms with Crippen LogP contribution in [-0.4, -0.2) is 23.3 Å². The van der Waals surface area contributed by atoms with Gasteiger partial charge in [0.2, 0.25) is 10.0 Å². The monoisotopic (exact) mass is 347 g/mol. The molecule has 0 saturated heterocycles. The number of hydrogen-bond donors (Lipinski definition) is 1. The summed E-state index contributed by atoms with van der Waals surface area (Å²) in [5.41, 5.74) is 7.67. The van der Waals surface area contributed by atoms with Crippen LogP contribution in [0, 0.1) is 0 Å². The molecule has 1 aliphatic carbocycles. The van der Waals surface area contributed by atoms with Gasteiger partial charge in [-0.3, -0.25) is 0 Å². The first-order valence-corrected chi connectivity index (χ1v) is 9.84. The summed E-state index contributed by atoms with van der Waals surface area (Å²) in [4.78, 5) is 0.347. The van der Waals surface area contributed by atoms with Crippen LogP contribution in [0.3, 0.4) is 0 Å². The number of sulfonamides is 1. The molecule has 0 spiro atoms. The van der Waals surface area contributed by atoms with Crippen molar-refractivity contribution in [1.82, 2.24) is 8.87 Å². The molecule has 0 atom stereocenters. The Labute approximate surface area is 144 Å². The van der Waals surface area contributed by atoms with E-state index in [1.165, 1.54) is 0 Å². The van der Waals surface area contributed by atoms with E-state index in [4.69, 9.17) is 5.73 Å². The molecular formula is C18H25N3O2S. The molecule has 0 unspecified atom stereocenters. The van der Waals surface area contributed by atoms with Gasteiger partial charge in [-0.05, 0) is 38.3 Å². The largest absolute Gasteiger partial charge is 0.346 e. The number of hydrogen-bond acceptors (Lipinski definition) is 3. The summed E-state index contributed by atoms with van der Waals surface area (Å²) >= 11 is 0. The predicted molar refractivity (Wildman–Crippen MR) is 94.9 cm³/mol. The highest BCUT2D eigenvalue weighted by molar-refractivity contribution is 7.89. The van der Waals surface area contributed by atoms with Crippen LogP contribution in [0.2, 0.25) is 0 Å². The Morgan fingerprint density at radius 1 is 1.25 bits per heavy atom. The fraction of sp³-hybridized carbons (Fsp3) is 0.444. The van der Waals surface area contributed by atoms with Crippen molar-refractivity contribution in [2.75, 3.05) is 0 Å². The highest BCUT2D eigenvalue weighted by Gasteiger charge is 2.32. The molecule has 1 fully saturated rings. The first-order chi connectivity index (χ1) is 11.4. The van der Waals surface area contributed by atoms with Gasteiger partial charge in [-0.25, -0.2) is 8.42 Å². The first-order valence-electron chi connectivity index (χ1n) is 8.40. The molecule has 1 aliphatic rings. The van der Waals surface area contributed by atoms with Crippen molar-refractivity contribution in [3.05, 3.63) is 53.9 Å². The predicted octanol–water partition coefficient (Wildman–Crippen LogP) is 2.88. The molecule has 1 aromatic heterocycles. The summed E-state index contributed by atoms with van der Waals surface area (Å²) in [6, 6.07) is 11.7. The third-order valence-electron chi connectivity index (χ3n) is 4.42. The summed E-state index contributed by atoms with van der Waals surface area (Å²) in [5.74, 6) is 0. The molecule has 0 aliphatic heterocycles. The smallest absolute Gasteiger partial charge is 0.245 e. The van der Waals surface area contributed by atoms with Gasteiger partial charge >= 0.3 is 0 Å². The SMILES string of the molecule is CC(C)N(Cc1ccccc1)S(=O)(=O)c1cc(CN)n(C2CC2)c1. The number of nitrogens with two attached hydrogens (primary N) is 1. The van der Waals surface area contributed by atoms with E-state index in [1.54, 1.807) is 16.6 Å². The van der Waals surface area contributed by atoms with Crippen molar-refractivity contribution in [3.8, 4) is 0 Å². The van der Waals surface area contributed by atoms with Crippen LogP contribution in [0.15, 0.2) is 47.5 Å². The molecule has 3 rings (SSSR count). The Kier molecular flexibility index (Phi) is 4.80. The second kappa shape index (κ2) is 6.70. The highest BCUT2D eigenvalue weighted by atomic mass is 32.2. The molecule has 0 radical (unpaired) electrons. The van der Waals surface area contributed by atoms with E-state index in [0.717, 1.165) is 24.1 Å². The standard InChI is InChI=1S/C18H25N3O2S/c1-14(2)21(12-15-6-4-3-5-7-15)24(22,23)18-10-17(11-19)20(13-18)16-8-9-16/h3-7,10,13-14,16H,8-9,11-12,19H2,1-2H3. The molecule has 5 nitrogen and oxygen atoms in total. The van der Waals surface area contributed by atoms with Crippen LogP contribution in [-0.2, 0) is 23.1 Å². The zero-order valence-electron chi connectivity index (χ0n) is 14.2. The average molecular weight is 347 g/mol. The Bertz CT molecular complexity index is 793. The van der Waals surface area contributed by atoms with Crippen LogP contribution >= 0.6 is 0 Å². The topological polar surface area (TPSA) is 68.3 Å². The Hall–Kier alpha value is -1.63. The van der Waals surface area contributed by atoms with E-state index in [0.29, 0.717) is 24.0 Å². The van der Waals surface area contributed by atoms with Crippen LogP contribution in [0.25, 0.3) is 0 Å². The van der Waals surface area contributed by atoms with Gasteiger partial charge in [0.25, 0.3) is 0 Å². The summed E-state index contributed by atoms with van der Waals surface area (Å²) in [5, 5.41) is 0. The molecule has 6 heteroatoms. The van der Waals surface area contributed by atoms with Gasteiger partial charge in [-0.15, -0.1) is 0 Å². The minimum absolute atomic E-state index is 0.124. The fourth-order valence-electron chi connectivity index (χ4n) is 2.94. The second-order valence-electron chi connectivity index (χ2n) is 6.64. The summed E-state index contributed by atoms with van der Waals surface area (Å²) in [6.45, 7) is 4.53. The van der Waals surface area contributed by atoms with Crippen LogP contribution < -0.4 is 5.73 Å². The molecule has 130 valence electrons. The van der Waals surface area contributed by atoms with Gasteiger partial charge in [0.1, 0.15) is 4.90 Å². The maximum atomic E-state index is 13.2. The van der Waals surface area contributed by atoms with Crippen molar-refractivity contribution in [1.29, 1.82) is 0 Å². The number of aromatic nitrogens is 1. The molecule has 1 heterocycles. The summed E-state index contributed by atoms with van der Waals surface area (Å²) in [7, 11) is -3.56. The van der Waals surface area contributed by atoms with Crippen molar-refractivity contribution < 1.29 is 8.42 Å². The van der Waals surface area contributed by atoms with Gasteiger partial charge in [0.05, 0.1) is 0 Å². The lowest BCUT2D eigenvalue weighted by atomic mass is 10.2. The van der Waals surface area contributed by atoms with E-state index < -0.39 is 10.0 Å². The van der Waals surface area contributed by atoms with E-state index in [-0.39, 0.29) is 6.04 Å². The third-order valence-corrected chi connectivity index (χ3v) is 6.41. The van der Waals surface area contributed by atoms with Crippen LogP contribution in [0.5, 0.6) is 0 Å². The van der Waals surface area contributed by atoms with Crippen molar-refractivity contribution in [3.63, 3.8) is 0 Å². The van der Waals surface area contributed by atoms with Gasteiger partial charge in [0.15, 0.2) is 0 Å². The molecule has 24 heavy (non-hydrogen) atoms. The lowest BCUT2D eigenvalue weighted by molar-refractivity contribution is 0.348. The van der Waals surface area contributed by atoms with E-state index in [1.807, 2.05) is 48.7 Å². The quantitative estimate of drug-likeness (QED) is 0.837. The van der Waals surface area contributed by atoms with Crippen molar-refractivity contribution >= 4 is 10.0 Å². The number of rotatable bonds is 7. The Balaban J connectivity index is 1.94. The van der Waals surface area contributed by atoms with Gasteiger partial charge in [-0.2, -0.15) is 4.31 Å². The zero-order valence-corrected chi connectivity index (χ0v) is 15.0. The van der Waals surface area contributed by atoms with Crippen molar-refractivity contribution in [2.45, 2.75) is 56.8 Å². The minimum Gasteiger partial charge on any atom is -0.346 e. The maximum absolute atomic E-state index is 13.2. The lowest BCUT2D eigenvalue weighted by Crippen LogP contribution is -2.36. The van der Waals surface area contributed by atoms with E-state index in [9.17, 15) is 8.42 Å². The van der Waals surface area contributed by atoms with Gasteiger partial charge in [0, 0.05) is 37.1 Å². The third kappa shape index (κ3) is 3.41.